The van der Waals surface area contributed by atoms with Gasteiger partial charge in [0.15, 0.2) is 0 Å². The van der Waals surface area contributed by atoms with E-state index in [1.54, 1.807) is 0 Å². The Balaban J connectivity index is 2.29. The van der Waals surface area contributed by atoms with Crippen molar-refractivity contribution in [3.05, 3.63) is 48.0 Å². The average molecular weight is 315 g/mol. The number of alkyl halides is 3. The first-order valence-electron chi connectivity index (χ1n) is 5.97. The second-order valence-electron chi connectivity index (χ2n) is 4.32. The van der Waals surface area contributed by atoms with Gasteiger partial charge >= 0.3 is 12.3 Å². The largest absolute Gasteiger partial charge is 0.573 e. The molecule has 2 aromatic rings. The van der Waals surface area contributed by atoms with E-state index in [0.29, 0.717) is 0 Å². The number of carboxylic acid groups (broad SMARTS) is 1. The van der Waals surface area contributed by atoms with Gasteiger partial charge in [0.1, 0.15) is 5.75 Å². The van der Waals surface area contributed by atoms with E-state index in [0.717, 1.165) is 18.3 Å². The lowest BCUT2D eigenvalue weighted by atomic mass is 10.0. The molecule has 0 bridgehead atoms. The summed E-state index contributed by atoms with van der Waals surface area (Å²) in [6.45, 7) is 0. The molecule has 0 amide bonds. The number of rotatable bonds is 4. The van der Waals surface area contributed by atoms with Crippen LogP contribution in [0.2, 0.25) is 0 Å². The number of pyridine rings is 1. The Hall–Kier alpha value is -2.64. The molecule has 2 rings (SSSR count). The lowest BCUT2D eigenvalue weighted by Gasteiger charge is -2.10. The second kappa shape index (κ2) is 6.00. The highest BCUT2D eigenvalue weighted by molar-refractivity contribution is 5.72. The molecule has 0 saturated heterocycles. The highest BCUT2D eigenvalue weighted by Crippen LogP contribution is 2.28. The normalized spacial score (nSPS) is 11.3. The van der Waals surface area contributed by atoms with Gasteiger partial charge in [-0.25, -0.2) is 4.98 Å². The number of hydrogen-bond donors (Lipinski definition) is 1. The lowest BCUT2D eigenvalue weighted by molar-refractivity contribution is -0.274. The molecule has 0 fully saturated rings. The van der Waals surface area contributed by atoms with Gasteiger partial charge in [0.2, 0.25) is 5.95 Å². The van der Waals surface area contributed by atoms with Crippen molar-refractivity contribution in [3.8, 4) is 16.9 Å². The smallest absolute Gasteiger partial charge is 0.481 e. The Morgan fingerprint density at radius 1 is 1.23 bits per heavy atom. The Morgan fingerprint density at radius 3 is 2.41 bits per heavy atom. The molecule has 0 saturated carbocycles. The molecule has 0 unspecified atom stereocenters. The Kier molecular flexibility index (Phi) is 4.30. The average Bonchev–Trinajstić information content (AvgIpc) is 2.40. The van der Waals surface area contributed by atoms with Crippen LogP contribution in [0.15, 0.2) is 36.5 Å². The summed E-state index contributed by atoms with van der Waals surface area (Å²) in [5.74, 6) is -2.39. The summed E-state index contributed by atoms with van der Waals surface area (Å²) >= 11 is 0. The molecular formula is C14H9F4NO3. The molecule has 1 N–H and O–H groups in total. The summed E-state index contributed by atoms with van der Waals surface area (Å²) in [6, 6.07) is 5.81. The fourth-order valence-corrected chi connectivity index (χ4v) is 1.80. The summed E-state index contributed by atoms with van der Waals surface area (Å²) in [5.41, 5.74) is 0.531. The predicted octanol–water partition coefficient (Wildman–Crippen LogP) is 3.41. The van der Waals surface area contributed by atoms with Crippen LogP contribution in [-0.2, 0) is 11.2 Å². The van der Waals surface area contributed by atoms with Crippen LogP contribution in [0.4, 0.5) is 17.6 Å². The van der Waals surface area contributed by atoms with E-state index in [1.807, 2.05) is 0 Å². The third-order valence-electron chi connectivity index (χ3n) is 2.65. The minimum absolute atomic E-state index is 0.00249. The van der Waals surface area contributed by atoms with Crippen molar-refractivity contribution in [1.82, 2.24) is 4.98 Å². The van der Waals surface area contributed by atoms with Crippen molar-refractivity contribution in [2.24, 2.45) is 0 Å². The van der Waals surface area contributed by atoms with E-state index in [2.05, 4.69) is 9.72 Å². The SMILES string of the molecule is O=C(O)Cc1cnc(F)c(-c2ccc(OC(F)(F)F)cc2)c1. The quantitative estimate of drug-likeness (QED) is 0.694. The van der Waals surface area contributed by atoms with E-state index >= 15 is 0 Å². The zero-order chi connectivity index (χ0) is 16.3. The molecule has 22 heavy (non-hydrogen) atoms. The third kappa shape index (κ3) is 4.18. The number of carbonyl (C=O) groups is 1. The van der Waals surface area contributed by atoms with Crippen molar-refractivity contribution >= 4 is 5.97 Å². The summed E-state index contributed by atoms with van der Waals surface area (Å²) < 4.78 is 53.6. The van der Waals surface area contributed by atoms with Gasteiger partial charge in [-0.15, -0.1) is 13.2 Å². The summed E-state index contributed by atoms with van der Waals surface area (Å²) in [5, 5.41) is 8.70. The summed E-state index contributed by atoms with van der Waals surface area (Å²) in [4.78, 5) is 14.1. The molecule has 0 spiro atoms. The predicted molar refractivity (Wildman–Crippen MR) is 67.7 cm³/mol. The van der Waals surface area contributed by atoms with E-state index in [9.17, 15) is 22.4 Å². The highest BCUT2D eigenvalue weighted by atomic mass is 19.4. The van der Waals surface area contributed by atoms with Crippen molar-refractivity contribution in [2.75, 3.05) is 0 Å². The Bertz CT molecular complexity index is 683. The molecule has 1 heterocycles. The van der Waals surface area contributed by atoms with Crippen LogP contribution >= 0.6 is 0 Å². The van der Waals surface area contributed by atoms with Gasteiger partial charge in [0, 0.05) is 11.8 Å². The van der Waals surface area contributed by atoms with Gasteiger partial charge in [-0.2, -0.15) is 4.39 Å². The van der Waals surface area contributed by atoms with Gasteiger partial charge in [-0.05, 0) is 29.3 Å². The molecule has 8 heteroatoms. The summed E-state index contributed by atoms with van der Waals surface area (Å²) in [7, 11) is 0. The van der Waals surface area contributed by atoms with E-state index in [4.69, 9.17) is 5.11 Å². The van der Waals surface area contributed by atoms with Crippen molar-refractivity contribution in [2.45, 2.75) is 12.8 Å². The molecular weight excluding hydrogens is 306 g/mol. The molecule has 0 aliphatic carbocycles. The standard InChI is InChI=1S/C14H9F4NO3/c15-13-11(5-8(7-19-13)6-12(20)21)9-1-3-10(4-2-9)22-14(16,17)18/h1-5,7H,6H2,(H,20,21). The van der Waals surface area contributed by atoms with Gasteiger partial charge in [0.25, 0.3) is 0 Å². The molecule has 1 aromatic heterocycles. The number of ether oxygens (including phenoxy) is 1. The lowest BCUT2D eigenvalue weighted by Crippen LogP contribution is -2.16. The molecule has 0 atom stereocenters. The van der Waals surface area contributed by atoms with E-state index in [-0.39, 0.29) is 23.1 Å². The molecule has 0 aliphatic rings. The third-order valence-corrected chi connectivity index (χ3v) is 2.65. The van der Waals surface area contributed by atoms with Crippen molar-refractivity contribution < 1.29 is 32.2 Å². The van der Waals surface area contributed by atoms with E-state index < -0.39 is 24.0 Å². The maximum absolute atomic E-state index is 13.7. The zero-order valence-corrected chi connectivity index (χ0v) is 10.9. The first-order chi connectivity index (χ1) is 10.2. The van der Waals surface area contributed by atoms with Crippen molar-refractivity contribution in [3.63, 3.8) is 0 Å². The maximum atomic E-state index is 13.7. The van der Waals surface area contributed by atoms with E-state index in [1.165, 1.54) is 18.2 Å². The minimum atomic E-state index is -4.81. The molecule has 1 aromatic carbocycles. The Labute approximate surface area is 122 Å². The fraction of sp³-hybridized carbons (Fsp3) is 0.143. The number of aromatic nitrogens is 1. The van der Waals surface area contributed by atoms with Crippen LogP contribution in [0, 0.1) is 5.95 Å². The monoisotopic (exact) mass is 315 g/mol. The number of halogens is 4. The van der Waals surface area contributed by atoms with Gasteiger partial charge in [0.05, 0.1) is 6.42 Å². The van der Waals surface area contributed by atoms with Crippen LogP contribution in [-0.4, -0.2) is 22.4 Å². The first-order valence-corrected chi connectivity index (χ1v) is 5.97. The molecule has 0 radical (unpaired) electrons. The Morgan fingerprint density at radius 2 is 1.86 bits per heavy atom. The van der Waals surface area contributed by atoms with Gasteiger partial charge in [-0.1, -0.05) is 12.1 Å². The second-order valence-corrected chi connectivity index (χ2v) is 4.32. The summed E-state index contributed by atoms with van der Waals surface area (Å²) in [6.07, 6.45) is -4.06. The number of nitrogens with zero attached hydrogens (tertiary/aromatic N) is 1. The number of aliphatic carboxylic acids is 1. The first kappa shape index (κ1) is 15.7. The topological polar surface area (TPSA) is 59.4 Å². The van der Waals surface area contributed by atoms with Crippen LogP contribution in [0.25, 0.3) is 11.1 Å². The number of benzene rings is 1. The van der Waals surface area contributed by atoms with Gasteiger partial charge in [-0.3, -0.25) is 4.79 Å². The van der Waals surface area contributed by atoms with Crippen molar-refractivity contribution in [1.29, 1.82) is 0 Å². The highest BCUT2D eigenvalue weighted by Gasteiger charge is 2.31. The van der Waals surface area contributed by atoms with Crippen LogP contribution in [0.1, 0.15) is 5.56 Å². The molecule has 0 aliphatic heterocycles. The minimum Gasteiger partial charge on any atom is -0.481 e. The zero-order valence-electron chi connectivity index (χ0n) is 10.9. The number of carboxylic acids is 1. The van der Waals surface area contributed by atoms with Crippen LogP contribution < -0.4 is 4.74 Å². The van der Waals surface area contributed by atoms with Gasteiger partial charge < -0.3 is 9.84 Å². The number of hydrogen-bond acceptors (Lipinski definition) is 3. The molecule has 116 valence electrons. The van der Waals surface area contributed by atoms with Crippen LogP contribution in [0.3, 0.4) is 0 Å². The fourth-order valence-electron chi connectivity index (χ4n) is 1.80. The van der Waals surface area contributed by atoms with Crippen LogP contribution in [0.5, 0.6) is 5.75 Å². The molecule has 4 nitrogen and oxygen atoms in total. The maximum Gasteiger partial charge on any atom is 0.573 e.